The summed E-state index contributed by atoms with van der Waals surface area (Å²) in [4.78, 5) is 0. The quantitative estimate of drug-likeness (QED) is 0.737. The van der Waals surface area contributed by atoms with Crippen LogP contribution in [0, 0.1) is 0 Å². The Bertz CT molecular complexity index is 382. The van der Waals surface area contributed by atoms with Crippen molar-refractivity contribution in [3.05, 3.63) is 29.8 Å². The van der Waals surface area contributed by atoms with Gasteiger partial charge in [-0.1, -0.05) is 25.5 Å². The van der Waals surface area contributed by atoms with E-state index in [4.69, 9.17) is 9.47 Å². The van der Waals surface area contributed by atoms with Crippen molar-refractivity contribution >= 4 is 0 Å². The Balaban J connectivity index is 1.70. The molecule has 1 heterocycles. The van der Waals surface area contributed by atoms with E-state index in [1.54, 1.807) is 0 Å². The van der Waals surface area contributed by atoms with Gasteiger partial charge in [-0.2, -0.15) is 0 Å². The molecule has 112 valence electrons. The second-order valence-electron chi connectivity index (χ2n) is 5.85. The van der Waals surface area contributed by atoms with Crippen LogP contribution in [-0.2, 0) is 11.3 Å². The van der Waals surface area contributed by atoms with Gasteiger partial charge in [-0.3, -0.25) is 0 Å². The molecule has 1 atom stereocenters. The van der Waals surface area contributed by atoms with Gasteiger partial charge in [-0.15, -0.1) is 0 Å². The van der Waals surface area contributed by atoms with Crippen LogP contribution >= 0.6 is 0 Å². The summed E-state index contributed by atoms with van der Waals surface area (Å²) in [5, 5.41) is 3.49. The van der Waals surface area contributed by atoms with E-state index in [1.807, 2.05) is 0 Å². The zero-order valence-electron chi connectivity index (χ0n) is 12.8. The lowest BCUT2D eigenvalue weighted by Gasteiger charge is -2.23. The van der Waals surface area contributed by atoms with Crippen LogP contribution in [-0.4, -0.2) is 25.4 Å². The Labute approximate surface area is 122 Å². The first-order valence-corrected chi connectivity index (χ1v) is 7.78. The number of benzene rings is 1. The molecule has 0 aliphatic carbocycles. The molecule has 1 aromatic rings. The third-order valence-corrected chi connectivity index (χ3v) is 3.82. The predicted molar refractivity (Wildman–Crippen MR) is 82.1 cm³/mol. The first-order valence-electron chi connectivity index (χ1n) is 7.78. The summed E-state index contributed by atoms with van der Waals surface area (Å²) in [5.41, 5.74) is 1.32. The first kappa shape index (κ1) is 15.3. The third kappa shape index (κ3) is 4.80. The van der Waals surface area contributed by atoms with Crippen LogP contribution < -0.4 is 10.1 Å². The maximum atomic E-state index is 5.77. The molecular formula is C17H27NO2. The topological polar surface area (TPSA) is 30.5 Å². The minimum absolute atomic E-state index is 0.0310. The van der Waals surface area contributed by atoms with Crippen LogP contribution in [0.2, 0.25) is 0 Å². The van der Waals surface area contributed by atoms with Crippen molar-refractivity contribution in [1.82, 2.24) is 5.32 Å². The zero-order valence-corrected chi connectivity index (χ0v) is 12.8. The smallest absolute Gasteiger partial charge is 0.119 e. The Kier molecular flexibility index (Phi) is 5.86. The van der Waals surface area contributed by atoms with Crippen LogP contribution in [0.1, 0.15) is 45.1 Å². The maximum absolute atomic E-state index is 5.77. The number of ether oxygens (including phenoxy) is 2. The monoisotopic (exact) mass is 277 g/mol. The lowest BCUT2D eigenvalue weighted by molar-refractivity contribution is 0.0207. The molecule has 1 N–H and O–H groups in total. The molecule has 3 heteroatoms. The van der Waals surface area contributed by atoms with E-state index in [0.29, 0.717) is 0 Å². The molecule has 1 saturated heterocycles. The molecule has 2 rings (SSSR count). The Hall–Kier alpha value is -1.06. The van der Waals surface area contributed by atoms with E-state index < -0.39 is 0 Å². The third-order valence-electron chi connectivity index (χ3n) is 3.82. The molecule has 3 nitrogen and oxygen atoms in total. The van der Waals surface area contributed by atoms with Gasteiger partial charge in [0.2, 0.25) is 0 Å². The summed E-state index contributed by atoms with van der Waals surface area (Å²) in [6.45, 7) is 7.88. The fraction of sp³-hybridized carbons (Fsp3) is 0.647. The van der Waals surface area contributed by atoms with E-state index in [2.05, 4.69) is 43.4 Å². The molecule has 0 spiro atoms. The van der Waals surface area contributed by atoms with Gasteiger partial charge < -0.3 is 14.8 Å². The van der Waals surface area contributed by atoms with Crippen LogP contribution in [0.4, 0.5) is 0 Å². The average molecular weight is 277 g/mol. The van der Waals surface area contributed by atoms with E-state index in [1.165, 1.54) is 18.4 Å². The number of unbranched alkanes of at least 4 members (excludes halogenated alkanes) is 1. The van der Waals surface area contributed by atoms with Crippen molar-refractivity contribution in [3.8, 4) is 5.75 Å². The minimum Gasteiger partial charge on any atom is -0.494 e. The van der Waals surface area contributed by atoms with Crippen LogP contribution in [0.5, 0.6) is 5.75 Å². The van der Waals surface area contributed by atoms with Gasteiger partial charge in [0.1, 0.15) is 5.75 Å². The molecule has 1 unspecified atom stereocenters. The molecule has 1 aromatic carbocycles. The Morgan fingerprint density at radius 2 is 2.10 bits per heavy atom. The molecule has 0 radical (unpaired) electrons. The Morgan fingerprint density at radius 1 is 1.30 bits per heavy atom. The second-order valence-corrected chi connectivity index (χ2v) is 5.85. The van der Waals surface area contributed by atoms with E-state index in [-0.39, 0.29) is 5.60 Å². The van der Waals surface area contributed by atoms with Crippen molar-refractivity contribution in [2.75, 3.05) is 19.8 Å². The standard InChI is InChI=1S/C17H27NO2/c1-3-4-11-19-16-8-6-15(7-9-16)13-18-14-17(2)10-5-12-20-17/h6-9,18H,3-5,10-14H2,1-2H3. The zero-order chi connectivity index (χ0) is 14.3. The van der Waals surface area contributed by atoms with Gasteiger partial charge >= 0.3 is 0 Å². The highest BCUT2D eigenvalue weighted by Crippen LogP contribution is 2.24. The molecule has 0 aromatic heterocycles. The lowest BCUT2D eigenvalue weighted by Crippen LogP contribution is -2.36. The molecule has 1 fully saturated rings. The van der Waals surface area contributed by atoms with Crippen LogP contribution in [0.3, 0.4) is 0 Å². The largest absolute Gasteiger partial charge is 0.494 e. The summed E-state index contributed by atoms with van der Waals surface area (Å²) in [7, 11) is 0. The van der Waals surface area contributed by atoms with E-state index >= 15 is 0 Å². The highest BCUT2D eigenvalue weighted by Gasteiger charge is 2.28. The Morgan fingerprint density at radius 3 is 2.75 bits per heavy atom. The molecule has 1 aliphatic rings. The van der Waals surface area contributed by atoms with Crippen molar-refractivity contribution in [2.45, 2.75) is 51.7 Å². The normalized spacial score (nSPS) is 22.1. The molecule has 0 bridgehead atoms. The van der Waals surface area contributed by atoms with Gasteiger partial charge in [-0.05, 0) is 43.9 Å². The number of hydrogen-bond donors (Lipinski definition) is 1. The summed E-state index contributed by atoms with van der Waals surface area (Å²) in [6.07, 6.45) is 4.62. The van der Waals surface area contributed by atoms with Crippen molar-refractivity contribution in [2.24, 2.45) is 0 Å². The maximum Gasteiger partial charge on any atom is 0.119 e. The molecular weight excluding hydrogens is 250 g/mol. The SMILES string of the molecule is CCCCOc1ccc(CNCC2(C)CCCO2)cc1. The van der Waals surface area contributed by atoms with Gasteiger partial charge in [0.15, 0.2) is 0 Å². The predicted octanol–water partition coefficient (Wildman–Crippen LogP) is 3.52. The summed E-state index contributed by atoms with van der Waals surface area (Å²) in [6, 6.07) is 8.37. The lowest BCUT2D eigenvalue weighted by atomic mass is 10.0. The molecule has 0 amide bonds. The highest BCUT2D eigenvalue weighted by atomic mass is 16.5. The van der Waals surface area contributed by atoms with Gasteiger partial charge in [0.05, 0.1) is 12.2 Å². The molecule has 20 heavy (non-hydrogen) atoms. The fourth-order valence-electron chi connectivity index (χ4n) is 2.49. The number of rotatable bonds is 8. The fourth-order valence-corrected chi connectivity index (χ4v) is 2.49. The number of nitrogens with one attached hydrogen (secondary N) is 1. The average Bonchev–Trinajstić information content (AvgIpc) is 2.88. The molecule has 0 saturated carbocycles. The highest BCUT2D eigenvalue weighted by molar-refractivity contribution is 5.27. The number of hydrogen-bond acceptors (Lipinski definition) is 3. The van der Waals surface area contributed by atoms with Gasteiger partial charge in [-0.25, -0.2) is 0 Å². The summed E-state index contributed by atoms with van der Waals surface area (Å²) in [5.74, 6) is 0.966. The summed E-state index contributed by atoms with van der Waals surface area (Å²) < 4.78 is 11.4. The minimum atomic E-state index is 0.0310. The van der Waals surface area contributed by atoms with E-state index in [0.717, 1.165) is 44.9 Å². The van der Waals surface area contributed by atoms with Crippen molar-refractivity contribution in [3.63, 3.8) is 0 Å². The second kappa shape index (κ2) is 7.65. The van der Waals surface area contributed by atoms with Crippen molar-refractivity contribution in [1.29, 1.82) is 0 Å². The van der Waals surface area contributed by atoms with Crippen LogP contribution in [0.15, 0.2) is 24.3 Å². The van der Waals surface area contributed by atoms with Crippen molar-refractivity contribution < 1.29 is 9.47 Å². The van der Waals surface area contributed by atoms with Gasteiger partial charge in [0.25, 0.3) is 0 Å². The molecule has 1 aliphatic heterocycles. The van der Waals surface area contributed by atoms with Crippen LogP contribution in [0.25, 0.3) is 0 Å². The first-order chi connectivity index (χ1) is 9.72. The van der Waals surface area contributed by atoms with E-state index in [9.17, 15) is 0 Å². The summed E-state index contributed by atoms with van der Waals surface area (Å²) >= 11 is 0. The van der Waals surface area contributed by atoms with Gasteiger partial charge in [0, 0.05) is 19.7 Å².